The number of ketones is 1. The number of hydrogen-bond acceptors (Lipinski definition) is 7. The molecular weight excluding hydrogens is 219 g/mol. The van der Waals surface area contributed by atoms with Crippen molar-refractivity contribution in [1.82, 2.24) is 0 Å². The molecule has 0 amide bonds. The van der Waals surface area contributed by atoms with Gasteiger partial charge in [-0.05, 0) is 0 Å². The predicted molar refractivity (Wildman–Crippen MR) is 41.5 cm³/mol. The number of phosphoric acid groups is 1. The van der Waals surface area contributed by atoms with Gasteiger partial charge in [-0.15, -0.1) is 4.67 Å². The van der Waals surface area contributed by atoms with Crippen LogP contribution >= 0.6 is 7.82 Å². The first kappa shape index (κ1) is 13.2. The minimum absolute atomic E-state index is 0.489. The lowest BCUT2D eigenvalue weighted by atomic mass is 10.3. The number of hydrogen-bond donors (Lipinski definition) is 2. The van der Waals surface area contributed by atoms with Crippen LogP contribution in [0.25, 0.3) is 0 Å². The Morgan fingerprint density at radius 1 is 1.43 bits per heavy atom. The maximum absolute atomic E-state index is 10.9. The highest BCUT2D eigenvalue weighted by Crippen LogP contribution is 2.47. The average molecular weight is 228 g/mol. The quantitative estimate of drug-likeness (QED) is 0.276. The van der Waals surface area contributed by atoms with Gasteiger partial charge in [0, 0.05) is 13.5 Å². The van der Waals surface area contributed by atoms with Gasteiger partial charge in [-0.2, -0.15) is 0 Å². The molecule has 82 valence electrons. The first-order valence-electron chi connectivity index (χ1n) is 3.35. The topological polar surface area (TPSA) is 119 Å². The number of phosphoric ester groups is 1. The van der Waals surface area contributed by atoms with E-state index in [-0.39, 0.29) is 0 Å². The third-order valence-corrected chi connectivity index (χ3v) is 2.29. The van der Waals surface area contributed by atoms with Gasteiger partial charge in [0.15, 0.2) is 0 Å². The Morgan fingerprint density at radius 3 is 2.36 bits per heavy atom. The van der Waals surface area contributed by atoms with Crippen molar-refractivity contribution in [3.8, 4) is 0 Å². The van der Waals surface area contributed by atoms with Crippen molar-refractivity contribution in [2.75, 3.05) is 13.7 Å². The minimum Gasteiger partial charge on any atom is -0.475 e. The molecule has 0 aliphatic carbocycles. The van der Waals surface area contributed by atoms with Crippen LogP contribution in [0.1, 0.15) is 6.42 Å². The Morgan fingerprint density at radius 2 is 2.00 bits per heavy atom. The number of carboxylic acid groups (broad SMARTS) is 1. The molecule has 14 heavy (non-hydrogen) atoms. The molecular formula is C5H9O8P. The Hall–Kier alpha value is -0.790. The molecule has 0 heterocycles. The lowest BCUT2D eigenvalue weighted by Crippen LogP contribution is -2.14. The van der Waals surface area contributed by atoms with E-state index >= 15 is 0 Å². The molecule has 8 nitrogen and oxygen atoms in total. The van der Waals surface area contributed by atoms with Gasteiger partial charge in [0.1, 0.15) is 0 Å². The molecule has 0 bridgehead atoms. The van der Waals surface area contributed by atoms with Gasteiger partial charge >= 0.3 is 13.8 Å². The van der Waals surface area contributed by atoms with Crippen LogP contribution in [0.4, 0.5) is 0 Å². The number of rotatable bonds is 7. The molecule has 0 spiro atoms. The highest BCUT2D eigenvalue weighted by Gasteiger charge is 2.25. The molecule has 1 atom stereocenters. The van der Waals surface area contributed by atoms with Gasteiger partial charge in [0.05, 0.1) is 6.61 Å². The average Bonchev–Trinajstić information content (AvgIpc) is 2.17. The number of carbonyl (C=O) groups excluding carboxylic acids is 1. The van der Waals surface area contributed by atoms with E-state index in [1.54, 1.807) is 0 Å². The summed E-state index contributed by atoms with van der Waals surface area (Å²) in [4.78, 5) is 20.5. The van der Waals surface area contributed by atoms with Crippen molar-refractivity contribution in [3.05, 3.63) is 0 Å². The standard InChI is InChI=1S/C5H9O8P/c1-11-14(10,13-9)12-3-2-4(6)5(7)8/h9H,2-3H2,1H3,(H,7,8). The molecule has 0 saturated carbocycles. The van der Waals surface area contributed by atoms with E-state index in [0.717, 1.165) is 7.11 Å². The summed E-state index contributed by atoms with van der Waals surface area (Å²) in [6.07, 6.45) is -0.494. The zero-order chi connectivity index (χ0) is 11.2. The molecule has 0 fully saturated rings. The number of carboxylic acids is 1. The monoisotopic (exact) mass is 228 g/mol. The van der Waals surface area contributed by atoms with Crippen molar-refractivity contribution in [2.45, 2.75) is 6.42 Å². The Balaban J connectivity index is 3.90. The predicted octanol–water partition coefficient (Wildman–Crippen LogP) is 0.291. The first-order valence-corrected chi connectivity index (χ1v) is 4.81. The zero-order valence-electron chi connectivity index (χ0n) is 7.21. The summed E-state index contributed by atoms with van der Waals surface area (Å²) in [5.41, 5.74) is 0. The molecule has 0 rings (SSSR count). The van der Waals surface area contributed by atoms with E-state index in [2.05, 4.69) is 13.7 Å². The second-order valence-electron chi connectivity index (χ2n) is 2.02. The first-order chi connectivity index (χ1) is 6.45. The van der Waals surface area contributed by atoms with Crippen molar-refractivity contribution < 1.29 is 38.2 Å². The van der Waals surface area contributed by atoms with Gasteiger partial charge in [-0.3, -0.25) is 13.8 Å². The Bertz CT molecular complexity index is 252. The summed E-state index contributed by atoms with van der Waals surface area (Å²) < 4.78 is 22.8. The smallest absolute Gasteiger partial charge is 0.475 e. The molecule has 0 aromatic rings. The summed E-state index contributed by atoms with van der Waals surface area (Å²) in [6, 6.07) is 0. The summed E-state index contributed by atoms with van der Waals surface area (Å²) in [5, 5.41) is 16.2. The highest BCUT2D eigenvalue weighted by atomic mass is 31.2. The number of carbonyl (C=O) groups is 2. The van der Waals surface area contributed by atoms with Crippen LogP contribution in [0.5, 0.6) is 0 Å². The molecule has 0 aliphatic rings. The molecule has 9 heteroatoms. The van der Waals surface area contributed by atoms with Crippen molar-refractivity contribution in [2.24, 2.45) is 0 Å². The van der Waals surface area contributed by atoms with Crippen LogP contribution in [0.3, 0.4) is 0 Å². The van der Waals surface area contributed by atoms with E-state index in [1.165, 1.54) is 0 Å². The minimum atomic E-state index is -4.06. The Labute approximate surface area is 78.9 Å². The van der Waals surface area contributed by atoms with Gasteiger partial charge in [-0.1, -0.05) is 0 Å². The third-order valence-electron chi connectivity index (χ3n) is 1.14. The van der Waals surface area contributed by atoms with Crippen molar-refractivity contribution in [3.63, 3.8) is 0 Å². The molecule has 0 aromatic carbocycles. The third kappa shape index (κ3) is 4.45. The summed E-state index contributed by atoms with van der Waals surface area (Å²) >= 11 is 0. The fraction of sp³-hybridized carbons (Fsp3) is 0.600. The van der Waals surface area contributed by atoms with Crippen molar-refractivity contribution >= 4 is 19.6 Å². The van der Waals surface area contributed by atoms with Crippen LogP contribution in [-0.2, 0) is 27.9 Å². The van der Waals surface area contributed by atoms with E-state index < -0.39 is 32.6 Å². The fourth-order valence-electron chi connectivity index (χ4n) is 0.467. The number of aliphatic carboxylic acids is 1. The second kappa shape index (κ2) is 5.84. The van der Waals surface area contributed by atoms with Crippen molar-refractivity contribution in [1.29, 1.82) is 0 Å². The van der Waals surface area contributed by atoms with Crippen LogP contribution in [0.2, 0.25) is 0 Å². The van der Waals surface area contributed by atoms with Crippen LogP contribution in [0.15, 0.2) is 0 Å². The Kier molecular flexibility index (Phi) is 5.51. The highest BCUT2D eigenvalue weighted by molar-refractivity contribution is 7.48. The van der Waals surface area contributed by atoms with E-state index in [4.69, 9.17) is 10.4 Å². The second-order valence-corrected chi connectivity index (χ2v) is 3.70. The van der Waals surface area contributed by atoms with E-state index in [1.807, 2.05) is 0 Å². The molecule has 0 aliphatic heterocycles. The maximum Gasteiger partial charge on any atom is 0.501 e. The van der Waals surface area contributed by atoms with Gasteiger partial charge in [0.2, 0.25) is 5.78 Å². The van der Waals surface area contributed by atoms with Gasteiger partial charge in [0.25, 0.3) is 0 Å². The van der Waals surface area contributed by atoms with E-state index in [0.29, 0.717) is 0 Å². The zero-order valence-corrected chi connectivity index (χ0v) is 8.10. The fourth-order valence-corrected chi connectivity index (χ4v) is 1.00. The molecule has 0 radical (unpaired) electrons. The molecule has 2 N–H and O–H groups in total. The SMILES string of the molecule is COP(=O)(OO)OCCC(=O)C(=O)O. The summed E-state index contributed by atoms with van der Waals surface area (Å²) in [6.45, 7) is -0.489. The normalized spacial score (nSPS) is 14.7. The maximum atomic E-state index is 10.9. The lowest BCUT2D eigenvalue weighted by Gasteiger charge is -2.10. The molecule has 1 unspecified atom stereocenters. The lowest BCUT2D eigenvalue weighted by molar-refractivity contribution is -0.165. The molecule has 0 saturated heterocycles. The van der Waals surface area contributed by atoms with Gasteiger partial charge < -0.3 is 5.11 Å². The summed E-state index contributed by atoms with van der Waals surface area (Å²) in [5.74, 6) is -2.73. The molecule has 0 aromatic heterocycles. The van der Waals surface area contributed by atoms with Crippen LogP contribution in [-0.4, -0.2) is 35.8 Å². The summed E-state index contributed by atoms with van der Waals surface area (Å²) in [7, 11) is -3.10. The van der Waals surface area contributed by atoms with Crippen LogP contribution in [0, 0.1) is 0 Å². The largest absolute Gasteiger partial charge is 0.501 e. The number of Topliss-reactive ketones (excluding diaryl/α,β-unsaturated/α-hetero) is 1. The van der Waals surface area contributed by atoms with Crippen LogP contribution < -0.4 is 0 Å². The van der Waals surface area contributed by atoms with Gasteiger partial charge in [-0.25, -0.2) is 14.6 Å². The van der Waals surface area contributed by atoms with E-state index in [9.17, 15) is 14.2 Å².